The first-order chi connectivity index (χ1) is 4.29. The summed E-state index contributed by atoms with van der Waals surface area (Å²) in [7, 11) is 2.08. The number of hydrogen-bond donors (Lipinski definition) is 1. The van der Waals surface area contributed by atoms with Crippen molar-refractivity contribution in [2.24, 2.45) is 0 Å². The minimum Gasteiger partial charge on any atom is -0.369 e. The van der Waals surface area contributed by atoms with Gasteiger partial charge in [0.15, 0.2) is 0 Å². The van der Waals surface area contributed by atoms with Gasteiger partial charge in [-0.2, -0.15) is 0 Å². The summed E-state index contributed by atoms with van der Waals surface area (Å²) in [6, 6.07) is 0. The molecule has 2 nitrogen and oxygen atoms in total. The molecule has 1 heterocycles. The number of aliphatic hydroxyl groups is 1. The van der Waals surface area contributed by atoms with Crippen LogP contribution < -0.4 is 0 Å². The van der Waals surface area contributed by atoms with Crippen molar-refractivity contribution in [1.82, 2.24) is 0 Å². The minimum absolute atomic E-state index is 0.221. The van der Waals surface area contributed by atoms with Gasteiger partial charge in [0.25, 0.3) is 0 Å². The molecule has 0 amide bonds. The molecule has 3 heteroatoms. The van der Waals surface area contributed by atoms with Crippen molar-refractivity contribution < 1.29 is 9.84 Å². The van der Waals surface area contributed by atoms with Gasteiger partial charge in [-0.1, -0.05) is 6.32 Å². The second-order valence-electron chi connectivity index (χ2n) is 2.50. The van der Waals surface area contributed by atoms with E-state index in [2.05, 4.69) is 7.28 Å². The summed E-state index contributed by atoms with van der Waals surface area (Å²) < 4.78 is 5.14. The predicted molar refractivity (Wildman–Crippen MR) is 36.5 cm³/mol. The van der Waals surface area contributed by atoms with E-state index in [-0.39, 0.29) is 6.10 Å². The molecule has 0 aromatic rings. The highest BCUT2D eigenvalue weighted by Crippen LogP contribution is 2.12. The van der Waals surface area contributed by atoms with Gasteiger partial charge in [-0.25, -0.2) is 0 Å². The van der Waals surface area contributed by atoms with Gasteiger partial charge < -0.3 is 9.84 Å². The fourth-order valence-corrected chi connectivity index (χ4v) is 1.00. The van der Waals surface area contributed by atoms with E-state index >= 15 is 0 Å². The Balaban J connectivity index is 2.29. The molecule has 9 heavy (non-hydrogen) atoms. The minimum atomic E-state index is -0.553. The summed E-state index contributed by atoms with van der Waals surface area (Å²) in [5.41, 5.74) is 0. The van der Waals surface area contributed by atoms with Crippen molar-refractivity contribution in [3.63, 3.8) is 0 Å². The van der Waals surface area contributed by atoms with Crippen LogP contribution >= 0.6 is 0 Å². The molecule has 0 bridgehead atoms. The Morgan fingerprint density at radius 2 is 2.44 bits per heavy atom. The standard InChI is InChI=1S/C6H12BO2/c1-5-2-3-7-4-6(8)9-5/h5-6,8H,2-4H2,1H3. The molecule has 1 rings (SSSR count). The van der Waals surface area contributed by atoms with Gasteiger partial charge in [-0.05, 0) is 19.7 Å². The predicted octanol–water partition coefficient (Wildman–Crippen LogP) is 0.654. The lowest BCUT2D eigenvalue weighted by molar-refractivity contribution is -0.115. The van der Waals surface area contributed by atoms with E-state index in [0.29, 0.717) is 6.32 Å². The number of rotatable bonds is 0. The van der Waals surface area contributed by atoms with E-state index in [1.807, 2.05) is 6.92 Å². The highest BCUT2D eigenvalue weighted by atomic mass is 16.6. The Labute approximate surface area is 56.5 Å². The van der Waals surface area contributed by atoms with E-state index in [1.54, 1.807) is 0 Å². The van der Waals surface area contributed by atoms with Gasteiger partial charge in [0.05, 0.1) is 6.10 Å². The summed E-state index contributed by atoms with van der Waals surface area (Å²) in [5.74, 6) is 0. The molecular formula is C6H12BO2. The summed E-state index contributed by atoms with van der Waals surface area (Å²) in [4.78, 5) is 0. The normalized spacial score (nSPS) is 37.1. The van der Waals surface area contributed by atoms with Crippen LogP contribution in [0, 0.1) is 0 Å². The fourth-order valence-electron chi connectivity index (χ4n) is 1.00. The first-order valence-electron chi connectivity index (χ1n) is 3.44. The van der Waals surface area contributed by atoms with Crippen molar-refractivity contribution >= 4 is 7.28 Å². The molecule has 2 atom stereocenters. The van der Waals surface area contributed by atoms with E-state index in [4.69, 9.17) is 9.84 Å². The Kier molecular flexibility index (Phi) is 2.55. The molecule has 1 radical (unpaired) electrons. The van der Waals surface area contributed by atoms with Gasteiger partial charge in [0, 0.05) is 0 Å². The molecule has 1 fully saturated rings. The smallest absolute Gasteiger partial charge is 0.147 e. The molecule has 1 saturated heterocycles. The molecule has 1 N–H and O–H groups in total. The second-order valence-corrected chi connectivity index (χ2v) is 2.50. The van der Waals surface area contributed by atoms with Crippen LogP contribution in [0.1, 0.15) is 13.3 Å². The van der Waals surface area contributed by atoms with E-state index < -0.39 is 6.29 Å². The molecule has 0 aliphatic carbocycles. The van der Waals surface area contributed by atoms with E-state index in [1.165, 1.54) is 0 Å². The quantitative estimate of drug-likeness (QED) is 0.484. The van der Waals surface area contributed by atoms with Crippen LogP contribution in [0.15, 0.2) is 0 Å². The number of aliphatic hydroxyl groups excluding tert-OH is 1. The molecule has 0 aromatic heterocycles. The zero-order chi connectivity index (χ0) is 6.69. The maximum Gasteiger partial charge on any atom is 0.147 e. The van der Waals surface area contributed by atoms with Crippen molar-refractivity contribution in [3.8, 4) is 0 Å². The van der Waals surface area contributed by atoms with Gasteiger partial charge in [-0.3, -0.25) is 0 Å². The third kappa shape index (κ3) is 2.37. The van der Waals surface area contributed by atoms with Gasteiger partial charge in [-0.15, -0.1) is 0 Å². The lowest BCUT2D eigenvalue weighted by Crippen LogP contribution is -2.15. The van der Waals surface area contributed by atoms with Crippen LogP contribution in [-0.2, 0) is 4.74 Å². The SMILES string of the molecule is CC1CC[B]CC(O)O1. The third-order valence-corrected chi connectivity index (χ3v) is 1.54. The molecule has 51 valence electrons. The Bertz CT molecular complexity index is 77.1. The first-order valence-corrected chi connectivity index (χ1v) is 3.44. The zero-order valence-electron chi connectivity index (χ0n) is 5.71. The van der Waals surface area contributed by atoms with Crippen LogP contribution in [-0.4, -0.2) is 24.8 Å². The van der Waals surface area contributed by atoms with Gasteiger partial charge in [0.1, 0.15) is 13.6 Å². The van der Waals surface area contributed by atoms with E-state index in [9.17, 15) is 0 Å². The van der Waals surface area contributed by atoms with Gasteiger partial charge >= 0.3 is 0 Å². The maximum absolute atomic E-state index is 9.01. The monoisotopic (exact) mass is 127 g/mol. The summed E-state index contributed by atoms with van der Waals surface area (Å²) in [5, 5.41) is 9.01. The topological polar surface area (TPSA) is 29.5 Å². The van der Waals surface area contributed by atoms with Crippen molar-refractivity contribution in [3.05, 3.63) is 0 Å². The van der Waals surface area contributed by atoms with Crippen molar-refractivity contribution in [1.29, 1.82) is 0 Å². The molecule has 2 unspecified atom stereocenters. The molecule has 1 aliphatic heterocycles. The highest BCUT2D eigenvalue weighted by molar-refractivity contribution is 6.35. The molecule has 0 spiro atoms. The van der Waals surface area contributed by atoms with Crippen molar-refractivity contribution in [2.75, 3.05) is 0 Å². The summed E-state index contributed by atoms with van der Waals surface area (Å²) in [6.07, 6.45) is 2.46. The lowest BCUT2D eigenvalue weighted by Gasteiger charge is -2.12. The molecule has 0 aromatic carbocycles. The maximum atomic E-state index is 9.01. The zero-order valence-corrected chi connectivity index (χ0v) is 5.71. The Morgan fingerprint density at radius 3 is 3.22 bits per heavy atom. The van der Waals surface area contributed by atoms with Crippen molar-refractivity contribution in [2.45, 2.75) is 38.4 Å². The van der Waals surface area contributed by atoms with Crippen LogP contribution in [0.2, 0.25) is 12.6 Å². The number of ether oxygens (including phenoxy) is 1. The molecule has 1 aliphatic rings. The fraction of sp³-hybridized carbons (Fsp3) is 1.00. The number of hydrogen-bond acceptors (Lipinski definition) is 2. The Hall–Kier alpha value is -0.0151. The summed E-state index contributed by atoms with van der Waals surface area (Å²) in [6.45, 7) is 1.99. The summed E-state index contributed by atoms with van der Waals surface area (Å²) >= 11 is 0. The van der Waals surface area contributed by atoms with Gasteiger partial charge in [0.2, 0.25) is 0 Å². The van der Waals surface area contributed by atoms with Crippen LogP contribution in [0.25, 0.3) is 0 Å². The van der Waals surface area contributed by atoms with Crippen LogP contribution in [0.3, 0.4) is 0 Å². The molecular weight excluding hydrogens is 115 g/mol. The van der Waals surface area contributed by atoms with Crippen LogP contribution in [0.4, 0.5) is 0 Å². The highest BCUT2D eigenvalue weighted by Gasteiger charge is 2.14. The van der Waals surface area contributed by atoms with Crippen LogP contribution in [0.5, 0.6) is 0 Å². The average molecular weight is 127 g/mol. The second kappa shape index (κ2) is 3.23. The largest absolute Gasteiger partial charge is 0.369 e. The lowest BCUT2D eigenvalue weighted by atomic mass is 9.70. The third-order valence-electron chi connectivity index (χ3n) is 1.54. The molecule has 0 saturated carbocycles. The Morgan fingerprint density at radius 1 is 1.67 bits per heavy atom. The van der Waals surface area contributed by atoms with E-state index in [0.717, 1.165) is 12.7 Å². The first kappa shape index (κ1) is 7.10. The average Bonchev–Trinajstić information content (AvgIpc) is 1.93.